The molecule has 0 spiro atoms. The summed E-state index contributed by atoms with van der Waals surface area (Å²) in [6.45, 7) is 1.35. The Morgan fingerprint density at radius 1 is 1.11 bits per heavy atom. The number of ether oxygens (including phenoxy) is 2. The average Bonchev–Trinajstić information content (AvgIpc) is 3.22. The summed E-state index contributed by atoms with van der Waals surface area (Å²) in [4.78, 5) is 19.2. The fraction of sp³-hybridized carbons (Fsp3) is 0.238. The number of methoxy groups -OCH3 is 2. The van der Waals surface area contributed by atoms with Crippen molar-refractivity contribution >= 4 is 11.7 Å². The van der Waals surface area contributed by atoms with Crippen LogP contribution in [0.2, 0.25) is 0 Å². The van der Waals surface area contributed by atoms with Gasteiger partial charge in [-0.05, 0) is 35.9 Å². The topological polar surface area (TPSA) is 68.6 Å². The number of rotatable bonds is 4. The zero-order valence-electron chi connectivity index (χ0n) is 15.8. The number of hydrogen-bond donors (Lipinski definition) is 1. The van der Waals surface area contributed by atoms with Crippen molar-refractivity contribution in [1.29, 1.82) is 0 Å². The standard InChI is InChI=1S/C21H22N4O3/c1-27-18-8-7-16(13-19(18)28-2)23-21(26)25-12-11-24-10-4-6-17(24)20(25)15-5-3-9-22-14-15/h3-10,13-14,20H,11-12H2,1-2H3,(H,23,26)/t20-/m1/s1. The third-order valence-electron chi connectivity index (χ3n) is 4.93. The van der Waals surface area contributed by atoms with Crippen LogP contribution >= 0.6 is 0 Å². The van der Waals surface area contributed by atoms with E-state index in [-0.39, 0.29) is 12.1 Å². The van der Waals surface area contributed by atoms with Crippen molar-refractivity contribution < 1.29 is 14.3 Å². The van der Waals surface area contributed by atoms with E-state index in [0.29, 0.717) is 23.7 Å². The molecular formula is C21H22N4O3. The maximum atomic E-state index is 13.2. The number of carbonyl (C=O) groups excluding carboxylic acids is 1. The lowest BCUT2D eigenvalue weighted by atomic mass is 10.0. The molecule has 0 saturated heterocycles. The van der Waals surface area contributed by atoms with Gasteiger partial charge < -0.3 is 24.3 Å². The van der Waals surface area contributed by atoms with E-state index in [4.69, 9.17) is 9.47 Å². The Morgan fingerprint density at radius 3 is 2.71 bits per heavy atom. The van der Waals surface area contributed by atoms with Crippen LogP contribution in [0.15, 0.2) is 61.1 Å². The minimum atomic E-state index is -0.197. The predicted octanol–water partition coefficient (Wildman–Crippen LogP) is 3.54. The number of nitrogens with zero attached hydrogens (tertiary/aromatic N) is 3. The fourth-order valence-electron chi connectivity index (χ4n) is 3.60. The first kappa shape index (κ1) is 17.9. The molecule has 0 aliphatic carbocycles. The molecule has 7 heteroatoms. The van der Waals surface area contributed by atoms with Crippen molar-refractivity contribution in [3.8, 4) is 11.5 Å². The Morgan fingerprint density at radius 2 is 1.96 bits per heavy atom. The SMILES string of the molecule is COc1ccc(NC(=O)N2CCn3cccc3[C@H]2c2cccnc2)cc1OC. The summed E-state index contributed by atoms with van der Waals surface area (Å²) in [5.74, 6) is 1.18. The summed E-state index contributed by atoms with van der Waals surface area (Å²) in [5.41, 5.74) is 2.69. The number of benzene rings is 1. The maximum Gasteiger partial charge on any atom is 0.322 e. The van der Waals surface area contributed by atoms with Crippen molar-refractivity contribution in [1.82, 2.24) is 14.5 Å². The molecule has 0 saturated carbocycles. The molecule has 2 aromatic heterocycles. The monoisotopic (exact) mass is 378 g/mol. The minimum absolute atomic E-state index is 0.173. The van der Waals surface area contributed by atoms with Gasteiger partial charge in [0, 0.05) is 49.1 Å². The van der Waals surface area contributed by atoms with Gasteiger partial charge in [0.25, 0.3) is 0 Å². The first-order valence-corrected chi connectivity index (χ1v) is 9.06. The minimum Gasteiger partial charge on any atom is -0.493 e. The van der Waals surface area contributed by atoms with E-state index in [9.17, 15) is 4.79 Å². The molecule has 0 radical (unpaired) electrons. The van der Waals surface area contributed by atoms with Gasteiger partial charge in [-0.3, -0.25) is 4.98 Å². The summed E-state index contributed by atoms with van der Waals surface area (Å²) >= 11 is 0. The number of urea groups is 1. The molecule has 144 valence electrons. The highest BCUT2D eigenvalue weighted by atomic mass is 16.5. The van der Waals surface area contributed by atoms with Crippen molar-refractivity contribution in [3.63, 3.8) is 0 Å². The van der Waals surface area contributed by atoms with Crippen LogP contribution in [-0.2, 0) is 6.54 Å². The van der Waals surface area contributed by atoms with E-state index in [2.05, 4.69) is 14.9 Å². The number of aromatic nitrogens is 2. The first-order valence-electron chi connectivity index (χ1n) is 9.06. The molecule has 7 nitrogen and oxygen atoms in total. The van der Waals surface area contributed by atoms with Gasteiger partial charge in [0.2, 0.25) is 0 Å². The molecule has 0 unspecified atom stereocenters. The van der Waals surface area contributed by atoms with Crippen molar-refractivity contribution in [3.05, 3.63) is 72.3 Å². The molecule has 0 fully saturated rings. The van der Waals surface area contributed by atoms with Crippen LogP contribution in [0.25, 0.3) is 0 Å². The molecule has 1 aliphatic heterocycles. The molecule has 3 heterocycles. The second kappa shape index (κ2) is 7.64. The van der Waals surface area contributed by atoms with Crippen LogP contribution in [0, 0.1) is 0 Å². The van der Waals surface area contributed by atoms with Crippen LogP contribution in [0.3, 0.4) is 0 Å². The van der Waals surface area contributed by atoms with E-state index in [1.807, 2.05) is 41.6 Å². The van der Waals surface area contributed by atoms with Gasteiger partial charge in [0.05, 0.1) is 14.2 Å². The van der Waals surface area contributed by atoms with Gasteiger partial charge in [-0.15, -0.1) is 0 Å². The molecule has 28 heavy (non-hydrogen) atoms. The van der Waals surface area contributed by atoms with Crippen LogP contribution in [0.5, 0.6) is 11.5 Å². The number of pyridine rings is 1. The lowest BCUT2D eigenvalue weighted by Crippen LogP contribution is -2.44. The Balaban J connectivity index is 1.63. The zero-order valence-corrected chi connectivity index (χ0v) is 15.8. The number of hydrogen-bond acceptors (Lipinski definition) is 4. The van der Waals surface area contributed by atoms with Crippen molar-refractivity contribution in [2.75, 3.05) is 26.1 Å². The average molecular weight is 378 g/mol. The highest BCUT2D eigenvalue weighted by molar-refractivity contribution is 5.90. The zero-order chi connectivity index (χ0) is 19.5. The normalized spacial score (nSPS) is 15.6. The number of nitrogens with one attached hydrogen (secondary N) is 1. The Kier molecular flexibility index (Phi) is 4.89. The summed E-state index contributed by atoms with van der Waals surface area (Å²) < 4.78 is 12.8. The summed E-state index contributed by atoms with van der Waals surface area (Å²) in [5, 5.41) is 2.98. The lowest BCUT2D eigenvalue weighted by molar-refractivity contribution is 0.181. The van der Waals surface area contributed by atoms with Crippen molar-refractivity contribution in [2.45, 2.75) is 12.6 Å². The Bertz CT molecular complexity index is 971. The second-order valence-electron chi connectivity index (χ2n) is 6.51. The van der Waals surface area contributed by atoms with Gasteiger partial charge in [0.15, 0.2) is 11.5 Å². The smallest absolute Gasteiger partial charge is 0.322 e. The number of carbonyl (C=O) groups is 1. The molecule has 2 amide bonds. The number of amides is 2. The van der Waals surface area contributed by atoms with Gasteiger partial charge in [-0.1, -0.05) is 6.07 Å². The predicted molar refractivity (Wildman–Crippen MR) is 106 cm³/mol. The van der Waals surface area contributed by atoms with E-state index >= 15 is 0 Å². The fourth-order valence-corrected chi connectivity index (χ4v) is 3.60. The van der Waals surface area contributed by atoms with Gasteiger partial charge in [-0.2, -0.15) is 0 Å². The first-order chi connectivity index (χ1) is 13.7. The quantitative estimate of drug-likeness (QED) is 0.754. The van der Waals surface area contributed by atoms with Gasteiger partial charge in [0.1, 0.15) is 6.04 Å². The molecule has 1 aliphatic rings. The highest BCUT2D eigenvalue weighted by Gasteiger charge is 2.32. The molecular weight excluding hydrogens is 356 g/mol. The van der Waals surface area contributed by atoms with Crippen molar-refractivity contribution in [2.24, 2.45) is 0 Å². The molecule has 0 bridgehead atoms. The molecule has 1 aromatic carbocycles. The van der Waals surface area contributed by atoms with Crippen LogP contribution in [0.1, 0.15) is 17.3 Å². The van der Waals surface area contributed by atoms with Crippen LogP contribution in [-0.4, -0.2) is 41.2 Å². The van der Waals surface area contributed by atoms with Crippen LogP contribution in [0.4, 0.5) is 10.5 Å². The van der Waals surface area contributed by atoms with Crippen LogP contribution < -0.4 is 14.8 Å². The third kappa shape index (κ3) is 3.26. The summed E-state index contributed by atoms with van der Waals surface area (Å²) in [6, 6.07) is 12.9. The summed E-state index contributed by atoms with van der Waals surface area (Å²) in [6.07, 6.45) is 5.59. The van der Waals surface area contributed by atoms with E-state index in [1.54, 1.807) is 38.6 Å². The highest BCUT2D eigenvalue weighted by Crippen LogP contribution is 2.33. The third-order valence-corrected chi connectivity index (χ3v) is 4.93. The largest absolute Gasteiger partial charge is 0.493 e. The second-order valence-corrected chi connectivity index (χ2v) is 6.51. The Labute approximate surface area is 163 Å². The Hall–Kier alpha value is -3.48. The van der Waals surface area contributed by atoms with Gasteiger partial charge >= 0.3 is 6.03 Å². The molecule has 4 rings (SSSR count). The van der Waals surface area contributed by atoms with E-state index < -0.39 is 0 Å². The molecule has 1 N–H and O–H groups in total. The number of anilines is 1. The lowest BCUT2D eigenvalue weighted by Gasteiger charge is -2.37. The van der Waals surface area contributed by atoms with E-state index in [0.717, 1.165) is 17.8 Å². The molecule has 1 atom stereocenters. The maximum absolute atomic E-state index is 13.2. The van der Waals surface area contributed by atoms with E-state index in [1.165, 1.54) is 0 Å². The number of fused-ring (bicyclic) bond motifs is 1. The molecule has 3 aromatic rings. The summed E-state index contributed by atoms with van der Waals surface area (Å²) in [7, 11) is 3.15. The van der Waals surface area contributed by atoms with Gasteiger partial charge in [-0.25, -0.2) is 4.79 Å².